The van der Waals surface area contributed by atoms with Crippen molar-refractivity contribution in [3.05, 3.63) is 35.9 Å². The zero-order valence-corrected chi connectivity index (χ0v) is 8.31. The van der Waals surface area contributed by atoms with Gasteiger partial charge in [0.15, 0.2) is 0 Å². The van der Waals surface area contributed by atoms with Crippen molar-refractivity contribution < 1.29 is 9.53 Å². The van der Waals surface area contributed by atoms with Crippen molar-refractivity contribution in [2.75, 3.05) is 7.11 Å². The highest BCUT2D eigenvalue weighted by Crippen LogP contribution is 2.14. The molecule has 1 aromatic carbocycles. The minimum atomic E-state index is -0.423. The average Bonchev–Trinajstić information content (AvgIpc) is 2.26. The summed E-state index contributed by atoms with van der Waals surface area (Å²) in [4.78, 5) is 14.8. The zero-order chi connectivity index (χ0) is 10.4. The summed E-state index contributed by atoms with van der Waals surface area (Å²) >= 11 is 0. The van der Waals surface area contributed by atoms with Gasteiger partial charge in [-0.25, -0.2) is 4.79 Å². The fourth-order valence-electron chi connectivity index (χ4n) is 1.04. The molecule has 0 aliphatic heterocycles. The van der Waals surface area contributed by atoms with Crippen molar-refractivity contribution >= 4 is 12.2 Å². The fraction of sp³-hybridized carbons (Fsp3) is 0.273. The van der Waals surface area contributed by atoms with Crippen LogP contribution >= 0.6 is 0 Å². The van der Waals surface area contributed by atoms with Gasteiger partial charge in [0.05, 0.1) is 13.2 Å². The number of benzene rings is 1. The van der Waals surface area contributed by atoms with Crippen molar-refractivity contribution in [3.8, 4) is 0 Å². The third kappa shape index (κ3) is 3.01. The topological polar surface area (TPSA) is 38.7 Å². The molecule has 0 fully saturated rings. The number of rotatable bonds is 3. The summed E-state index contributed by atoms with van der Waals surface area (Å²) in [5, 5.41) is 0. The van der Waals surface area contributed by atoms with Gasteiger partial charge in [-0.2, -0.15) is 0 Å². The summed E-state index contributed by atoms with van der Waals surface area (Å²) in [5.74, 6) is -0.423. The van der Waals surface area contributed by atoms with Crippen LogP contribution in [-0.4, -0.2) is 19.3 Å². The lowest BCUT2D eigenvalue weighted by Crippen LogP contribution is -2.02. The molecule has 0 aromatic heterocycles. The number of methoxy groups -OCH3 is 1. The lowest BCUT2D eigenvalue weighted by molar-refractivity contribution is -0.132. The highest BCUT2D eigenvalue weighted by atomic mass is 16.5. The smallest absolute Gasteiger partial charge is 0.348 e. The van der Waals surface area contributed by atoms with Crippen LogP contribution in [0, 0.1) is 0 Å². The largest absolute Gasteiger partial charge is 0.465 e. The number of carbonyl (C=O) groups excluding carboxylic acids is 1. The Morgan fingerprint density at radius 1 is 1.43 bits per heavy atom. The number of hydrogen-bond donors (Lipinski definition) is 0. The van der Waals surface area contributed by atoms with Gasteiger partial charge in [-0.15, -0.1) is 0 Å². The maximum absolute atomic E-state index is 10.8. The first-order valence-electron chi connectivity index (χ1n) is 4.40. The molecule has 1 aromatic rings. The molecule has 74 valence electrons. The Morgan fingerprint density at radius 3 is 2.64 bits per heavy atom. The standard InChI is InChI=1S/C11H13NO2/c1-9(12-8-11(13)14-2)10-6-4-3-5-7-10/h3-9H,1-2H3/b12-8+/t9-/m0/s1. The second-order valence-corrected chi connectivity index (χ2v) is 2.89. The molecule has 3 nitrogen and oxygen atoms in total. The van der Waals surface area contributed by atoms with Gasteiger partial charge in [0.1, 0.15) is 6.21 Å². The third-order valence-corrected chi connectivity index (χ3v) is 1.89. The molecule has 0 spiro atoms. The number of hydrogen-bond acceptors (Lipinski definition) is 3. The molecule has 0 N–H and O–H groups in total. The number of ether oxygens (including phenoxy) is 1. The van der Waals surface area contributed by atoms with Crippen LogP contribution < -0.4 is 0 Å². The Morgan fingerprint density at radius 2 is 2.07 bits per heavy atom. The minimum Gasteiger partial charge on any atom is -0.465 e. The van der Waals surface area contributed by atoms with Crippen molar-refractivity contribution in [1.29, 1.82) is 0 Å². The number of esters is 1. The molecular weight excluding hydrogens is 178 g/mol. The van der Waals surface area contributed by atoms with E-state index < -0.39 is 5.97 Å². The maximum Gasteiger partial charge on any atom is 0.348 e. The first kappa shape index (κ1) is 10.4. The van der Waals surface area contributed by atoms with Gasteiger partial charge >= 0.3 is 5.97 Å². The van der Waals surface area contributed by atoms with E-state index in [0.717, 1.165) is 5.56 Å². The Bertz CT molecular complexity index is 319. The first-order chi connectivity index (χ1) is 6.74. The minimum absolute atomic E-state index is 0.0182. The van der Waals surface area contributed by atoms with E-state index in [0.29, 0.717) is 0 Å². The summed E-state index contributed by atoms with van der Waals surface area (Å²) in [6, 6.07) is 9.76. The summed E-state index contributed by atoms with van der Waals surface area (Å²) < 4.78 is 4.45. The van der Waals surface area contributed by atoms with Gasteiger partial charge < -0.3 is 4.74 Å². The van der Waals surface area contributed by atoms with Crippen molar-refractivity contribution in [1.82, 2.24) is 0 Å². The highest BCUT2D eigenvalue weighted by molar-refractivity contribution is 6.23. The van der Waals surface area contributed by atoms with Crippen LogP contribution in [0.15, 0.2) is 35.3 Å². The third-order valence-electron chi connectivity index (χ3n) is 1.89. The molecule has 0 radical (unpaired) electrons. The molecule has 0 aliphatic rings. The molecule has 0 saturated carbocycles. The molecule has 1 rings (SSSR count). The molecule has 0 bridgehead atoms. The van der Waals surface area contributed by atoms with Crippen molar-refractivity contribution in [2.45, 2.75) is 13.0 Å². The summed E-state index contributed by atoms with van der Waals surface area (Å²) in [6.45, 7) is 1.93. The van der Waals surface area contributed by atoms with Crippen LogP contribution in [0.25, 0.3) is 0 Å². The predicted octanol–water partition coefficient (Wildman–Crippen LogP) is 1.99. The first-order valence-corrected chi connectivity index (χ1v) is 4.40. The van der Waals surface area contributed by atoms with Crippen LogP contribution in [0.2, 0.25) is 0 Å². The molecule has 0 saturated heterocycles. The van der Waals surface area contributed by atoms with E-state index in [1.165, 1.54) is 13.3 Å². The molecule has 0 heterocycles. The molecule has 1 atom stereocenters. The Kier molecular flexibility index (Phi) is 3.85. The Labute approximate surface area is 83.4 Å². The van der Waals surface area contributed by atoms with Gasteiger partial charge in [-0.1, -0.05) is 30.3 Å². The number of nitrogens with zero attached hydrogens (tertiary/aromatic N) is 1. The van der Waals surface area contributed by atoms with Crippen LogP contribution in [0.5, 0.6) is 0 Å². The SMILES string of the molecule is COC(=O)/C=N/[C@@H](C)c1ccccc1. The van der Waals surface area contributed by atoms with E-state index in [-0.39, 0.29) is 6.04 Å². The molecule has 0 aliphatic carbocycles. The van der Waals surface area contributed by atoms with Gasteiger partial charge in [-0.05, 0) is 12.5 Å². The van der Waals surface area contributed by atoms with E-state index >= 15 is 0 Å². The monoisotopic (exact) mass is 191 g/mol. The molecular formula is C11H13NO2. The van der Waals surface area contributed by atoms with Gasteiger partial charge in [0.25, 0.3) is 0 Å². The Balaban J connectivity index is 2.63. The predicted molar refractivity (Wildman–Crippen MR) is 55.4 cm³/mol. The second kappa shape index (κ2) is 5.17. The average molecular weight is 191 g/mol. The fourth-order valence-corrected chi connectivity index (χ4v) is 1.04. The van der Waals surface area contributed by atoms with Gasteiger partial charge in [-0.3, -0.25) is 4.99 Å². The number of carbonyl (C=O) groups is 1. The van der Waals surface area contributed by atoms with Crippen LogP contribution in [0.4, 0.5) is 0 Å². The van der Waals surface area contributed by atoms with Gasteiger partial charge in [0.2, 0.25) is 0 Å². The molecule has 14 heavy (non-hydrogen) atoms. The highest BCUT2D eigenvalue weighted by Gasteiger charge is 2.01. The van der Waals surface area contributed by atoms with Gasteiger partial charge in [0, 0.05) is 0 Å². The lowest BCUT2D eigenvalue weighted by atomic mass is 10.1. The van der Waals surface area contributed by atoms with E-state index in [2.05, 4.69) is 9.73 Å². The summed E-state index contributed by atoms with van der Waals surface area (Å²) in [6.07, 6.45) is 1.21. The maximum atomic E-state index is 10.8. The van der Waals surface area contributed by atoms with E-state index in [1.54, 1.807) is 0 Å². The van der Waals surface area contributed by atoms with Crippen molar-refractivity contribution in [3.63, 3.8) is 0 Å². The lowest BCUT2D eigenvalue weighted by Gasteiger charge is -2.04. The molecule has 0 amide bonds. The quantitative estimate of drug-likeness (QED) is 0.541. The molecule has 3 heteroatoms. The van der Waals surface area contributed by atoms with E-state index in [4.69, 9.17) is 0 Å². The second-order valence-electron chi connectivity index (χ2n) is 2.89. The van der Waals surface area contributed by atoms with Crippen molar-refractivity contribution in [2.24, 2.45) is 4.99 Å². The van der Waals surface area contributed by atoms with E-state index in [1.807, 2.05) is 37.3 Å². The Hall–Kier alpha value is -1.64. The van der Waals surface area contributed by atoms with Crippen LogP contribution in [-0.2, 0) is 9.53 Å². The van der Waals surface area contributed by atoms with Crippen LogP contribution in [0.3, 0.4) is 0 Å². The molecule has 0 unspecified atom stereocenters. The summed E-state index contributed by atoms with van der Waals surface area (Å²) in [7, 11) is 1.33. The van der Waals surface area contributed by atoms with E-state index in [9.17, 15) is 4.79 Å². The van der Waals surface area contributed by atoms with Crippen LogP contribution in [0.1, 0.15) is 18.5 Å². The normalized spacial score (nSPS) is 12.7. The number of aliphatic imine (C=N–C) groups is 1. The summed E-state index contributed by atoms with van der Waals surface area (Å²) in [5.41, 5.74) is 1.08. The zero-order valence-electron chi connectivity index (χ0n) is 8.31.